The van der Waals surface area contributed by atoms with Gasteiger partial charge >= 0.3 is 0 Å². The summed E-state index contributed by atoms with van der Waals surface area (Å²) in [6.45, 7) is 4.56. The SMILES string of the molecule is CCOc1ccc2[nH]nc(-c3ccnc(N4CCC(OC)CC4)c3)c2c1. The summed E-state index contributed by atoms with van der Waals surface area (Å²) >= 11 is 0. The number of H-pyrrole nitrogens is 1. The van der Waals surface area contributed by atoms with Gasteiger partial charge in [0.15, 0.2) is 0 Å². The maximum Gasteiger partial charge on any atom is 0.129 e. The molecule has 6 nitrogen and oxygen atoms in total. The first-order valence-electron chi connectivity index (χ1n) is 9.13. The van der Waals surface area contributed by atoms with E-state index < -0.39 is 0 Å². The van der Waals surface area contributed by atoms with E-state index in [0.717, 1.165) is 59.7 Å². The highest BCUT2D eigenvalue weighted by Crippen LogP contribution is 2.31. The second kappa shape index (κ2) is 7.33. The zero-order chi connectivity index (χ0) is 17.9. The van der Waals surface area contributed by atoms with Crippen molar-refractivity contribution in [3.05, 3.63) is 36.5 Å². The van der Waals surface area contributed by atoms with Gasteiger partial charge in [-0.15, -0.1) is 0 Å². The predicted molar refractivity (Wildman–Crippen MR) is 103 cm³/mol. The number of rotatable bonds is 5. The molecule has 1 fully saturated rings. The lowest BCUT2D eigenvalue weighted by molar-refractivity contribution is 0.0818. The molecule has 0 spiro atoms. The molecule has 1 aliphatic heterocycles. The van der Waals surface area contributed by atoms with Crippen LogP contribution in [0.15, 0.2) is 36.5 Å². The van der Waals surface area contributed by atoms with E-state index in [-0.39, 0.29) is 0 Å². The average Bonchev–Trinajstić information content (AvgIpc) is 3.12. The Balaban J connectivity index is 1.64. The van der Waals surface area contributed by atoms with E-state index >= 15 is 0 Å². The van der Waals surface area contributed by atoms with Gasteiger partial charge in [-0.3, -0.25) is 5.10 Å². The van der Waals surface area contributed by atoms with E-state index in [2.05, 4.69) is 26.1 Å². The summed E-state index contributed by atoms with van der Waals surface area (Å²) in [5, 5.41) is 8.71. The Morgan fingerprint density at radius 2 is 2.04 bits per heavy atom. The van der Waals surface area contributed by atoms with Crippen molar-refractivity contribution in [1.82, 2.24) is 15.2 Å². The van der Waals surface area contributed by atoms with Gasteiger partial charge in [-0.25, -0.2) is 4.98 Å². The van der Waals surface area contributed by atoms with Crippen molar-refractivity contribution in [2.75, 3.05) is 31.7 Å². The number of aromatic amines is 1. The zero-order valence-electron chi connectivity index (χ0n) is 15.2. The molecule has 26 heavy (non-hydrogen) atoms. The Bertz CT molecular complexity index is 884. The Labute approximate surface area is 153 Å². The molecular weight excluding hydrogens is 328 g/mol. The molecule has 0 radical (unpaired) electrons. The minimum Gasteiger partial charge on any atom is -0.494 e. The number of piperidine rings is 1. The van der Waals surface area contributed by atoms with Crippen molar-refractivity contribution in [3.63, 3.8) is 0 Å². The largest absolute Gasteiger partial charge is 0.494 e. The molecule has 1 aromatic carbocycles. The van der Waals surface area contributed by atoms with Crippen LogP contribution in [0.1, 0.15) is 19.8 Å². The van der Waals surface area contributed by atoms with E-state index in [9.17, 15) is 0 Å². The minimum absolute atomic E-state index is 0.363. The number of nitrogens with zero attached hydrogens (tertiary/aromatic N) is 3. The summed E-state index contributed by atoms with van der Waals surface area (Å²) in [4.78, 5) is 6.89. The quantitative estimate of drug-likeness (QED) is 0.759. The second-order valence-electron chi connectivity index (χ2n) is 6.54. The Kier molecular flexibility index (Phi) is 4.75. The fourth-order valence-electron chi connectivity index (χ4n) is 3.53. The Morgan fingerprint density at radius 1 is 1.19 bits per heavy atom. The highest BCUT2D eigenvalue weighted by atomic mass is 16.5. The van der Waals surface area contributed by atoms with Crippen LogP contribution >= 0.6 is 0 Å². The molecule has 6 heteroatoms. The molecule has 0 unspecified atom stereocenters. The van der Waals surface area contributed by atoms with Crippen LogP contribution in [0, 0.1) is 0 Å². The molecule has 1 N–H and O–H groups in total. The normalized spacial score (nSPS) is 15.5. The lowest BCUT2D eigenvalue weighted by Gasteiger charge is -2.32. The summed E-state index contributed by atoms with van der Waals surface area (Å²) in [5.74, 6) is 1.85. The number of nitrogens with one attached hydrogen (secondary N) is 1. The zero-order valence-corrected chi connectivity index (χ0v) is 15.2. The maximum atomic E-state index is 5.64. The molecule has 1 aliphatic rings. The number of hydrogen-bond acceptors (Lipinski definition) is 5. The highest BCUT2D eigenvalue weighted by molar-refractivity contribution is 5.94. The van der Waals surface area contributed by atoms with Gasteiger partial charge in [0, 0.05) is 37.3 Å². The number of hydrogen-bond donors (Lipinski definition) is 1. The first-order chi connectivity index (χ1) is 12.8. The van der Waals surface area contributed by atoms with Crippen molar-refractivity contribution >= 4 is 16.7 Å². The second-order valence-corrected chi connectivity index (χ2v) is 6.54. The summed E-state index contributed by atoms with van der Waals surface area (Å²) in [6.07, 6.45) is 4.29. The summed E-state index contributed by atoms with van der Waals surface area (Å²) in [5.41, 5.74) is 2.99. The molecule has 0 atom stereocenters. The van der Waals surface area contributed by atoms with Crippen molar-refractivity contribution in [1.29, 1.82) is 0 Å². The Hall–Kier alpha value is -2.60. The number of fused-ring (bicyclic) bond motifs is 1. The van der Waals surface area contributed by atoms with Crippen molar-refractivity contribution in [3.8, 4) is 17.0 Å². The van der Waals surface area contributed by atoms with Gasteiger partial charge in [0.25, 0.3) is 0 Å². The van der Waals surface area contributed by atoms with Crippen LogP contribution < -0.4 is 9.64 Å². The van der Waals surface area contributed by atoms with Crippen LogP contribution in [0.2, 0.25) is 0 Å². The van der Waals surface area contributed by atoms with Crippen LogP contribution in [-0.4, -0.2) is 48.1 Å². The summed E-state index contributed by atoms with van der Waals surface area (Å²) in [7, 11) is 1.79. The van der Waals surface area contributed by atoms with Gasteiger partial charge in [-0.1, -0.05) is 0 Å². The molecule has 0 aliphatic carbocycles. The fraction of sp³-hybridized carbons (Fsp3) is 0.400. The van der Waals surface area contributed by atoms with Crippen LogP contribution in [0.3, 0.4) is 0 Å². The highest BCUT2D eigenvalue weighted by Gasteiger charge is 2.20. The third-order valence-corrected chi connectivity index (χ3v) is 4.96. The molecule has 0 amide bonds. The average molecular weight is 352 g/mol. The third kappa shape index (κ3) is 3.24. The molecule has 3 aromatic rings. The van der Waals surface area contributed by atoms with Gasteiger partial charge in [0.05, 0.1) is 18.2 Å². The van der Waals surface area contributed by atoms with Gasteiger partial charge < -0.3 is 14.4 Å². The number of methoxy groups -OCH3 is 1. The van der Waals surface area contributed by atoms with Crippen molar-refractivity contribution < 1.29 is 9.47 Å². The van der Waals surface area contributed by atoms with Crippen molar-refractivity contribution in [2.24, 2.45) is 0 Å². The molecule has 0 bridgehead atoms. The molecule has 0 saturated carbocycles. The molecule has 3 heterocycles. The van der Waals surface area contributed by atoms with E-state index in [1.807, 2.05) is 37.4 Å². The lowest BCUT2D eigenvalue weighted by atomic mass is 10.1. The van der Waals surface area contributed by atoms with Crippen LogP contribution in [0.25, 0.3) is 22.2 Å². The molecule has 136 valence electrons. The number of ether oxygens (including phenoxy) is 2. The standard InChI is InChI=1S/C20H24N4O2/c1-3-26-16-4-5-18-17(13-16)20(23-22-18)14-6-9-21-19(12-14)24-10-7-15(25-2)8-11-24/h4-6,9,12-13,15H,3,7-8,10-11H2,1-2H3,(H,22,23). The van der Waals surface area contributed by atoms with Crippen LogP contribution in [0.4, 0.5) is 5.82 Å². The monoisotopic (exact) mass is 352 g/mol. The first kappa shape index (κ1) is 16.8. The van der Waals surface area contributed by atoms with E-state index in [1.54, 1.807) is 7.11 Å². The fourth-order valence-corrected chi connectivity index (χ4v) is 3.53. The first-order valence-corrected chi connectivity index (χ1v) is 9.13. The minimum atomic E-state index is 0.363. The van der Waals surface area contributed by atoms with E-state index in [4.69, 9.17) is 9.47 Å². The molecule has 4 rings (SSSR count). The van der Waals surface area contributed by atoms with Gasteiger partial charge in [-0.05, 0) is 50.1 Å². The molecule has 2 aromatic heterocycles. The lowest BCUT2D eigenvalue weighted by Crippen LogP contribution is -2.37. The maximum absolute atomic E-state index is 5.64. The van der Waals surface area contributed by atoms with Gasteiger partial charge in [0.2, 0.25) is 0 Å². The smallest absolute Gasteiger partial charge is 0.129 e. The summed E-state index contributed by atoms with van der Waals surface area (Å²) < 4.78 is 11.1. The third-order valence-electron chi connectivity index (χ3n) is 4.96. The van der Waals surface area contributed by atoms with Gasteiger partial charge in [0.1, 0.15) is 17.3 Å². The van der Waals surface area contributed by atoms with E-state index in [0.29, 0.717) is 12.7 Å². The number of pyridine rings is 1. The summed E-state index contributed by atoms with van der Waals surface area (Å²) in [6, 6.07) is 10.1. The molecule has 1 saturated heterocycles. The number of anilines is 1. The van der Waals surface area contributed by atoms with E-state index in [1.165, 1.54) is 0 Å². The topological polar surface area (TPSA) is 63.3 Å². The van der Waals surface area contributed by atoms with Crippen molar-refractivity contribution in [2.45, 2.75) is 25.9 Å². The number of aromatic nitrogens is 3. The molecular formula is C20H24N4O2. The Morgan fingerprint density at radius 3 is 2.81 bits per heavy atom. The van der Waals surface area contributed by atoms with Gasteiger partial charge in [-0.2, -0.15) is 5.10 Å². The number of benzene rings is 1. The predicted octanol–water partition coefficient (Wildman–Crippen LogP) is 3.64. The van der Waals surface area contributed by atoms with Crippen LogP contribution in [-0.2, 0) is 4.74 Å². The van der Waals surface area contributed by atoms with Crippen LogP contribution in [0.5, 0.6) is 5.75 Å².